The minimum atomic E-state index is -1.18. The van der Waals surface area contributed by atoms with Crippen LogP contribution in [0, 0.1) is 0 Å². The van der Waals surface area contributed by atoms with E-state index in [1.165, 1.54) is 0 Å². The van der Waals surface area contributed by atoms with Gasteiger partial charge in [0.15, 0.2) is 0 Å². The van der Waals surface area contributed by atoms with Crippen molar-refractivity contribution in [3.63, 3.8) is 0 Å². The van der Waals surface area contributed by atoms with Crippen LogP contribution in [0.25, 0.3) is 0 Å². The second-order valence-electron chi connectivity index (χ2n) is 4.50. The lowest BCUT2D eigenvalue weighted by Crippen LogP contribution is -2.43. The maximum absolute atomic E-state index is 11.4. The standard InChI is InChI=1S/C13H24N2O8/c16-4-6-22-8-11(18)14-3-1-2-10(13(20)21)15-12(19)9-23-7-5-17/h10,16-17H,1-9H2,(H,14,18)(H,15,19)(H,20,21)/t10-/m0/s1. The molecule has 5 N–H and O–H groups in total. The van der Waals surface area contributed by atoms with Gasteiger partial charge in [-0.3, -0.25) is 9.59 Å². The van der Waals surface area contributed by atoms with Gasteiger partial charge in [-0.25, -0.2) is 4.79 Å². The highest BCUT2D eigenvalue weighted by atomic mass is 16.5. The van der Waals surface area contributed by atoms with Gasteiger partial charge < -0.3 is 35.4 Å². The van der Waals surface area contributed by atoms with E-state index in [1.807, 2.05) is 0 Å². The average molecular weight is 336 g/mol. The summed E-state index contributed by atoms with van der Waals surface area (Å²) in [6, 6.07) is -1.08. The first-order valence-corrected chi connectivity index (χ1v) is 7.17. The van der Waals surface area contributed by atoms with E-state index in [4.69, 9.17) is 24.8 Å². The summed E-state index contributed by atoms with van der Waals surface area (Å²) in [6.45, 7) is -0.603. The van der Waals surface area contributed by atoms with E-state index in [1.54, 1.807) is 0 Å². The van der Waals surface area contributed by atoms with Crippen LogP contribution in [0.3, 0.4) is 0 Å². The van der Waals surface area contributed by atoms with Crippen molar-refractivity contribution in [2.75, 3.05) is 46.2 Å². The number of hydrogen-bond donors (Lipinski definition) is 5. The maximum atomic E-state index is 11.4. The second-order valence-corrected chi connectivity index (χ2v) is 4.50. The van der Waals surface area contributed by atoms with Crippen molar-refractivity contribution in [1.29, 1.82) is 0 Å². The Hall–Kier alpha value is -1.75. The lowest BCUT2D eigenvalue weighted by atomic mass is 10.1. The number of carboxylic acids is 1. The van der Waals surface area contributed by atoms with E-state index in [0.717, 1.165) is 0 Å². The van der Waals surface area contributed by atoms with Crippen molar-refractivity contribution in [3.8, 4) is 0 Å². The van der Waals surface area contributed by atoms with Gasteiger partial charge in [0.05, 0.1) is 26.4 Å². The van der Waals surface area contributed by atoms with Crippen molar-refractivity contribution >= 4 is 17.8 Å². The quantitative estimate of drug-likeness (QED) is 0.218. The van der Waals surface area contributed by atoms with Gasteiger partial charge in [0.25, 0.3) is 0 Å². The molecule has 2 amide bonds. The van der Waals surface area contributed by atoms with Crippen LogP contribution < -0.4 is 10.6 Å². The minimum Gasteiger partial charge on any atom is -0.480 e. The summed E-state index contributed by atoms with van der Waals surface area (Å²) < 4.78 is 9.60. The Labute approximate surface area is 133 Å². The monoisotopic (exact) mass is 336 g/mol. The molecule has 0 aromatic heterocycles. The van der Waals surface area contributed by atoms with Crippen LogP contribution in [0.4, 0.5) is 0 Å². The Morgan fingerprint density at radius 2 is 1.52 bits per heavy atom. The Kier molecular flexibility index (Phi) is 12.8. The summed E-state index contributed by atoms with van der Waals surface area (Å²) in [5, 5.41) is 30.8. The SMILES string of the molecule is O=C(COCCO)NCCC[C@H](NC(=O)COCCO)C(=O)O. The molecule has 0 rings (SSSR count). The van der Waals surface area contributed by atoms with E-state index >= 15 is 0 Å². The van der Waals surface area contributed by atoms with Gasteiger partial charge in [-0.2, -0.15) is 0 Å². The first-order chi connectivity index (χ1) is 11.0. The topological polar surface area (TPSA) is 154 Å². The van der Waals surface area contributed by atoms with E-state index < -0.39 is 17.9 Å². The first-order valence-electron chi connectivity index (χ1n) is 7.17. The zero-order chi connectivity index (χ0) is 17.5. The molecule has 0 aliphatic heterocycles. The van der Waals surface area contributed by atoms with E-state index in [9.17, 15) is 14.4 Å². The van der Waals surface area contributed by atoms with E-state index in [0.29, 0.717) is 6.42 Å². The van der Waals surface area contributed by atoms with E-state index in [-0.39, 0.29) is 58.5 Å². The van der Waals surface area contributed by atoms with Gasteiger partial charge in [0.1, 0.15) is 19.3 Å². The predicted molar refractivity (Wildman–Crippen MR) is 77.6 cm³/mol. The molecule has 0 aromatic rings. The van der Waals surface area contributed by atoms with Crippen molar-refractivity contribution in [1.82, 2.24) is 10.6 Å². The molecule has 10 nitrogen and oxygen atoms in total. The Balaban J connectivity index is 3.90. The molecule has 0 aromatic carbocycles. The molecule has 23 heavy (non-hydrogen) atoms. The van der Waals surface area contributed by atoms with Crippen LogP contribution in [0.5, 0.6) is 0 Å². The van der Waals surface area contributed by atoms with Gasteiger partial charge in [-0.1, -0.05) is 0 Å². The summed E-state index contributed by atoms with van der Waals surface area (Å²) in [6.07, 6.45) is 0.485. The highest BCUT2D eigenvalue weighted by Crippen LogP contribution is 1.97. The van der Waals surface area contributed by atoms with Crippen LogP contribution in [0.2, 0.25) is 0 Å². The number of carbonyl (C=O) groups is 3. The zero-order valence-corrected chi connectivity index (χ0v) is 12.8. The highest BCUT2D eigenvalue weighted by molar-refractivity contribution is 5.84. The Bertz CT molecular complexity index is 364. The molecule has 0 spiro atoms. The molecule has 1 atom stereocenters. The van der Waals surface area contributed by atoms with Crippen molar-refractivity contribution in [3.05, 3.63) is 0 Å². The molecule has 0 fully saturated rings. The van der Waals surface area contributed by atoms with Crippen molar-refractivity contribution in [2.45, 2.75) is 18.9 Å². The van der Waals surface area contributed by atoms with Gasteiger partial charge in [-0.05, 0) is 12.8 Å². The summed E-state index contributed by atoms with van der Waals surface area (Å²) >= 11 is 0. The fourth-order valence-electron chi connectivity index (χ4n) is 1.54. The third-order valence-electron chi connectivity index (χ3n) is 2.56. The fourth-order valence-corrected chi connectivity index (χ4v) is 1.54. The molecule has 134 valence electrons. The number of hydrogen-bond acceptors (Lipinski definition) is 7. The molecule has 0 aliphatic rings. The molecule has 0 saturated carbocycles. The highest BCUT2D eigenvalue weighted by Gasteiger charge is 2.19. The van der Waals surface area contributed by atoms with Gasteiger partial charge in [-0.15, -0.1) is 0 Å². The Morgan fingerprint density at radius 1 is 0.957 bits per heavy atom. The van der Waals surface area contributed by atoms with Gasteiger partial charge in [0.2, 0.25) is 11.8 Å². The van der Waals surface area contributed by atoms with Crippen LogP contribution in [-0.2, 0) is 23.9 Å². The lowest BCUT2D eigenvalue weighted by molar-refractivity contribution is -0.142. The van der Waals surface area contributed by atoms with E-state index in [2.05, 4.69) is 10.6 Å². The van der Waals surface area contributed by atoms with Crippen LogP contribution in [0.15, 0.2) is 0 Å². The summed E-state index contributed by atoms with van der Waals surface area (Å²) in [4.78, 5) is 33.8. The number of nitrogens with one attached hydrogen (secondary N) is 2. The number of ether oxygens (including phenoxy) is 2. The average Bonchev–Trinajstić information content (AvgIpc) is 2.50. The molecule has 0 heterocycles. The molecular formula is C13H24N2O8. The molecular weight excluding hydrogens is 312 g/mol. The zero-order valence-electron chi connectivity index (χ0n) is 12.8. The Morgan fingerprint density at radius 3 is 2.04 bits per heavy atom. The third kappa shape index (κ3) is 12.5. The second kappa shape index (κ2) is 13.9. The number of amides is 2. The van der Waals surface area contributed by atoms with Gasteiger partial charge in [0, 0.05) is 6.54 Å². The molecule has 10 heteroatoms. The molecule has 0 unspecified atom stereocenters. The molecule has 0 radical (unpaired) electrons. The predicted octanol–water partition coefficient (Wildman–Crippen LogP) is -2.53. The molecule has 0 aliphatic carbocycles. The lowest BCUT2D eigenvalue weighted by Gasteiger charge is -2.14. The fraction of sp³-hybridized carbons (Fsp3) is 0.769. The smallest absolute Gasteiger partial charge is 0.326 e. The molecule has 0 bridgehead atoms. The van der Waals surface area contributed by atoms with Crippen LogP contribution in [0.1, 0.15) is 12.8 Å². The largest absolute Gasteiger partial charge is 0.480 e. The van der Waals surface area contributed by atoms with Crippen LogP contribution >= 0.6 is 0 Å². The number of aliphatic carboxylic acids is 1. The number of rotatable bonds is 14. The third-order valence-corrected chi connectivity index (χ3v) is 2.56. The summed E-state index contributed by atoms with van der Waals surface area (Å²) in [7, 11) is 0. The van der Waals surface area contributed by atoms with Crippen molar-refractivity contribution in [2.24, 2.45) is 0 Å². The summed E-state index contributed by atoms with van der Waals surface area (Å²) in [5.41, 5.74) is 0. The first kappa shape index (κ1) is 21.2. The number of aliphatic hydroxyl groups is 2. The normalized spacial score (nSPS) is 11.7. The number of carbonyl (C=O) groups excluding carboxylic acids is 2. The van der Waals surface area contributed by atoms with Crippen molar-refractivity contribution < 1.29 is 39.2 Å². The number of aliphatic hydroxyl groups excluding tert-OH is 2. The van der Waals surface area contributed by atoms with Gasteiger partial charge >= 0.3 is 5.97 Å². The molecule has 0 saturated heterocycles. The summed E-state index contributed by atoms with van der Waals surface area (Å²) in [5.74, 6) is -2.14. The number of carboxylic acid groups (broad SMARTS) is 1. The minimum absolute atomic E-state index is 0.00442. The maximum Gasteiger partial charge on any atom is 0.326 e. The van der Waals surface area contributed by atoms with Crippen LogP contribution in [-0.4, -0.2) is 85.3 Å².